The van der Waals surface area contributed by atoms with E-state index >= 15 is 0 Å². The Balaban J connectivity index is 1.79. The fourth-order valence-electron chi connectivity index (χ4n) is 3.82. The van der Waals surface area contributed by atoms with E-state index in [1.165, 1.54) is 17.0 Å². The Kier molecular flexibility index (Phi) is 7.70. The summed E-state index contributed by atoms with van der Waals surface area (Å²) < 4.78 is 19.1. The third-order valence-electron chi connectivity index (χ3n) is 5.84. The predicted molar refractivity (Wildman–Crippen MR) is 121 cm³/mol. The molecule has 2 aromatic rings. The second kappa shape index (κ2) is 10.3. The number of rotatable bonds is 8. The van der Waals surface area contributed by atoms with Gasteiger partial charge in [0.2, 0.25) is 11.8 Å². The first-order valence-electron chi connectivity index (χ1n) is 10.9. The Bertz CT molecular complexity index is 896. The van der Waals surface area contributed by atoms with Crippen molar-refractivity contribution in [3.8, 4) is 5.75 Å². The molecule has 0 fully saturated rings. The van der Waals surface area contributed by atoms with Crippen molar-refractivity contribution in [3.63, 3.8) is 0 Å². The number of carbonyl (C=O) groups is 2. The van der Waals surface area contributed by atoms with Gasteiger partial charge in [0.1, 0.15) is 24.7 Å². The van der Waals surface area contributed by atoms with Crippen LogP contribution in [0, 0.1) is 11.7 Å². The second-order valence-corrected chi connectivity index (χ2v) is 9.30. The predicted octanol–water partition coefficient (Wildman–Crippen LogP) is 4.68. The number of carbonyl (C=O) groups excluding carboxylic acids is 2. The number of amides is 2. The third kappa shape index (κ3) is 5.45. The van der Waals surface area contributed by atoms with Crippen LogP contribution in [-0.2, 0) is 16.0 Å². The van der Waals surface area contributed by atoms with Crippen molar-refractivity contribution in [1.29, 1.82) is 0 Å². The van der Waals surface area contributed by atoms with Crippen LogP contribution in [0.15, 0.2) is 35.7 Å². The molecule has 2 amide bonds. The van der Waals surface area contributed by atoms with E-state index in [0.29, 0.717) is 12.3 Å². The van der Waals surface area contributed by atoms with E-state index in [1.54, 1.807) is 28.4 Å². The molecule has 2 heterocycles. The molecule has 0 bridgehead atoms. The Morgan fingerprint density at radius 3 is 2.58 bits per heavy atom. The Hall–Kier alpha value is -2.41. The van der Waals surface area contributed by atoms with Gasteiger partial charge in [-0.25, -0.2) is 4.39 Å². The number of hydrogen-bond acceptors (Lipinski definition) is 4. The van der Waals surface area contributed by atoms with Crippen LogP contribution in [-0.4, -0.2) is 47.4 Å². The van der Waals surface area contributed by atoms with Gasteiger partial charge in [-0.05, 0) is 61.0 Å². The molecule has 1 aliphatic rings. The van der Waals surface area contributed by atoms with Crippen LogP contribution in [0.1, 0.15) is 50.6 Å². The van der Waals surface area contributed by atoms with Gasteiger partial charge in [-0.3, -0.25) is 9.59 Å². The molecule has 2 atom stereocenters. The van der Waals surface area contributed by atoms with Crippen molar-refractivity contribution in [2.24, 2.45) is 5.92 Å². The minimum absolute atomic E-state index is 0.00459. The summed E-state index contributed by atoms with van der Waals surface area (Å²) in [5, 5.41) is 2.04. The fourth-order valence-corrected chi connectivity index (χ4v) is 4.75. The summed E-state index contributed by atoms with van der Waals surface area (Å²) in [5.74, 6) is 0.00686. The van der Waals surface area contributed by atoms with E-state index in [2.05, 4.69) is 0 Å². The molecule has 1 aromatic heterocycles. The molecule has 168 valence electrons. The quantitative estimate of drug-likeness (QED) is 0.592. The fraction of sp³-hybridized carbons (Fsp3) is 0.500. The highest BCUT2D eigenvalue weighted by Gasteiger charge is 2.34. The van der Waals surface area contributed by atoms with E-state index in [9.17, 15) is 14.0 Å². The van der Waals surface area contributed by atoms with Gasteiger partial charge in [0.15, 0.2) is 0 Å². The smallest absolute Gasteiger partial charge is 0.242 e. The lowest BCUT2D eigenvalue weighted by Gasteiger charge is -2.38. The molecular formula is C24H31FN2O3S. The van der Waals surface area contributed by atoms with Crippen molar-refractivity contribution in [1.82, 2.24) is 9.80 Å². The van der Waals surface area contributed by atoms with Crippen molar-refractivity contribution < 1.29 is 18.7 Å². The summed E-state index contributed by atoms with van der Waals surface area (Å²) in [6, 6.07) is 7.70. The highest BCUT2D eigenvalue weighted by atomic mass is 32.1. The summed E-state index contributed by atoms with van der Waals surface area (Å²) in [6.45, 7) is 8.67. The monoisotopic (exact) mass is 446 g/mol. The number of ether oxygens (including phenoxy) is 1. The number of thiophene rings is 1. The van der Waals surface area contributed by atoms with E-state index in [0.717, 1.165) is 18.4 Å². The number of halogens is 1. The molecule has 7 heteroatoms. The summed E-state index contributed by atoms with van der Waals surface area (Å²) in [7, 11) is 0. The van der Waals surface area contributed by atoms with E-state index in [4.69, 9.17) is 4.74 Å². The van der Waals surface area contributed by atoms with Crippen LogP contribution in [0.5, 0.6) is 5.75 Å². The second-order valence-electron chi connectivity index (χ2n) is 8.30. The lowest BCUT2D eigenvalue weighted by molar-refractivity contribution is -0.146. The Morgan fingerprint density at radius 2 is 1.94 bits per heavy atom. The molecule has 1 aromatic carbocycles. The molecule has 0 aliphatic carbocycles. The number of nitrogens with zero attached hydrogens (tertiary/aromatic N) is 2. The molecule has 31 heavy (non-hydrogen) atoms. The molecule has 0 N–H and O–H groups in total. The molecule has 5 nitrogen and oxygen atoms in total. The molecule has 0 spiro atoms. The average molecular weight is 447 g/mol. The van der Waals surface area contributed by atoms with Gasteiger partial charge in [0.05, 0.1) is 6.04 Å². The van der Waals surface area contributed by atoms with Crippen molar-refractivity contribution in [2.75, 3.05) is 19.7 Å². The van der Waals surface area contributed by atoms with Gasteiger partial charge in [-0.15, -0.1) is 11.3 Å². The Labute approximate surface area is 187 Å². The third-order valence-corrected chi connectivity index (χ3v) is 6.84. The zero-order valence-electron chi connectivity index (χ0n) is 18.6. The lowest BCUT2D eigenvalue weighted by Crippen LogP contribution is -2.50. The normalized spacial score (nSPS) is 16.7. The standard InChI is InChI=1S/C24H31FN2O3S/c1-5-17(4)27(24(29)16(2)3)14-23(28)26-12-10-22-20(11-13-31-22)21(26)15-30-19-8-6-18(25)7-9-19/h6-9,11,13,16-17,21H,5,10,12,14-15H2,1-4H3/t17-,21-/m0/s1. The molecule has 0 radical (unpaired) electrons. The van der Waals surface area contributed by atoms with Crippen molar-refractivity contribution in [3.05, 3.63) is 52.0 Å². The highest BCUT2D eigenvalue weighted by Crippen LogP contribution is 2.34. The first kappa shape index (κ1) is 23.3. The van der Waals surface area contributed by atoms with Crippen LogP contribution in [0.3, 0.4) is 0 Å². The van der Waals surface area contributed by atoms with Gasteiger partial charge in [0, 0.05) is 23.4 Å². The first-order chi connectivity index (χ1) is 14.8. The molecule has 0 saturated carbocycles. The van der Waals surface area contributed by atoms with Gasteiger partial charge < -0.3 is 14.5 Å². The molecule has 3 rings (SSSR count). The largest absolute Gasteiger partial charge is 0.491 e. The first-order valence-corrected chi connectivity index (χ1v) is 11.7. The maximum Gasteiger partial charge on any atom is 0.242 e. The summed E-state index contributed by atoms with van der Waals surface area (Å²) >= 11 is 1.69. The summed E-state index contributed by atoms with van der Waals surface area (Å²) in [6.07, 6.45) is 1.59. The molecular weight excluding hydrogens is 415 g/mol. The van der Waals surface area contributed by atoms with E-state index in [-0.39, 0.29) is 48.8 Å². The molecule has 0 saturated heterocycles. The topological polar surface area (TPSA) is 49.9 Å². The van der Waals surface area contributed by atoms with Gasteiger partial charge >= 0.3 is 0 Å². The minimum Gasteiger partial charge on any atom is -0.491 e. The SMILES string of the molecule is CC[C@H](C)N(CC(=O)N1CCc2sccc2[C@@H]1COc1ccc(F)cc1)C(=O)C(C)C. The van der Waals surface area contributed by atoms with Gasteiger partial charge in [0.25, 0.3) is 0 Å². The maximum atomic E-state index is 13.4. The van der Waals surface area contributed by atoms with Crippen LogP contribution in [0.4, 0.5) is 4.39 Å². The van der Waals surface area contributed by atoms with Crippen LogP contribution in [0.25, 0.3) is 0 Å². The number of benzene rings is 1. The van der Waals surface area contributed by atoms with E-state index in [1.807, 2.05) is 44.0 Å². The average Bonchev–Trinajstić information content (AvgIpc) is 3.24. The highest BCUT2D eigenvalue weighted by molar-refractivity contribution is 7.10. The zero-order chi connectivity index (χ0) is 22.5. The van der Waals surface area contributed by atoms with Crippen LogP contribution in [0.2, 0.25) is 0 Å². The molecule has 0 unspecified atom stereocenters. The lowest BCUT2D eigenvalue weighted by atomic mass is 10.00. The maximum absolute atomic E-state index is 13.4. The van der Waals surface area contributed by atoms with Crippen LogP contribution >= 0.6 is 11.3 Å². The number of fused-ring (bicyclic) bond motifs is 1. The van der Waals surface area contributed by atoms with Crippen molar-refractivity contribution in [2.45, 2.75) is 52.6 Å². The Morgan fingerprint density at radius 1 is 1.23 bits per heavy atom. The van der Waals surface area contributed by atoms with Gasteiger partial charge in [-0.2, -0.15) is 0 Å². The minimum atomic E-state index is -0.318. The van der Waals surface area contributed by atoms with E-state index < -0.39 is 0 Å². The van der Waals surface area contributed by atoms with Gasteiger partial charge in [-0.1, -0.05) is 20.8 Å². The summed E-state index contributed by atoms with van der Waals surface area (Å²) in [5.41, 5.74) is 1.09. The molecule has 1 aliphatic heterocycles. The summed E-state index contributed by atoms with van der Waals surface area (Å²) in [4.78, 5) is 30.9. The number of hydrogen-bond donors (Lipinski definition) is 0. The zero-order valence-corrected chi connectivity index (χ0v) is 19.5. The van der Waals surface area contributed by atoms with Crippen LogP contribution < -0.4 is 4.74 Å². The van der Waals surface area contributed by atoms with Crippen molar-refractivity contribution >= 4 is 23.2 Å².